The van der Waals surface area contributed by atoms with Gasteiger partial charge in [0.15, 0.2) is 0 Å². The molecule has 0 bridgehead atoms. The molecule has 52 heavy (non-hydrogen) atoms. The zero-order chi connectivity index (χ0) is 35.6. The Morgan fingerprint density at radius 2 is 0.827 bits per heavy atom. The van der Waals surface area contributed by atoms with Gasteiger partial charge in [0.25, 0.3) is 0 Å². The van der Waals surface area contributed by atoms with Crippen LogP contribution in [0.5, 0.6) is 0 Å². The van der Waals surface area contributed by atoms with Gasteiger partial charge in [-0.2, -0.15) is 0 Å². The van der Waals surface area contributed by atoms with E-state index >= 15 is 0 Å². The predicted octanol–water partition coefficient (Wildman–Crippen LogP) is 14.9. The maximum atomic E-state index is 2.39. The molecular weight excluding hydrogens is 627 g/mol. The fourth-order valence-corrected chi connectivity index (χ4v) is 7.78. The topological polar surface area (TPSA) is 3.24 Å². The van der Waals surface area contributed by atoms with E-state index in [1.807, 2.05) is 0 Å². The van der Waals surface area contributed by atoms with Crippen molar-refractivity contribution >= 4 is 38.6 Å². The fraction of sp³-hybridized carbons (Fsp3) is 0.137. The molecule has 1 nitrogen and oxygen atoms in total. The van der Waals surface area contributed by atoms with Crippen LogP contribution < -0.4 is 4.90 Å². The normalized spacial score (nSPS) is 12.1. The maximum absolute atomic E-state index is 2.39. The third-order valence-electron chi connectivity index (χ3n) is 10.9. The summed E-state index contributed by atoms with van der Waals surface area (Å²) in [6.07, 6.45) is 0. The third-order valence-corrected chi connectivity index (χ3v) is 10.9. The monoisotopic (exact) mass is 669 g/mol. The summed E-state index contributed by atoms with van der Waals surface area (Å²) in [7, 11) is 0. The van der Waals surface area contributed by atoms with Crippen molar-refractivity contribution in [2.24, 2.45) is 0 Å². The fourth-order valence-electron chi connectivity index (χ4n) is 7.78. The molecule has 0 amide bonds. The molecule has 1 aliphatic rings. The second-order valence-electron chi connectivity index (χ2n) is 15.7. The van der Waals surface area contributed by atoms with Crippen LogP contribution in [-0.2, 0) is 5.41 Å². The second kappa shape index (κ2) is 12.4. The second-order valence-corrected chi connectivity index (χ2v) is 15.7. The van der Waals surface area contributed by atoms with Crippen LogP contribution in [0.1, 0.15) is 51.7 Å². The van der Waals surface area contributed by atoms with Gasteiger partial charge in [-0.1, -0.05) is 132 Å². The average Bonchev–Trinajstić information content (AvgIpc) is 3.17. The first-order valence-corrected chi connectivity index (χ1v) is 18.5. The quantitative estimate of drug-likeness (QED) is 0.170. The molecule has 0 saturated carbocycles. The van der Waals surface area contributed by atoms with E-state index in [1.54, 1.807) is 0 Å². The molecule has 0 spiro atoms. The summed E-state index contributed by atoms with van der Waals surface area (Å²) < 4.78 is 0. The van der Waals surface area contributed by atoms with Gasteiger partial charge in [-0.25, -0.2) is 0 Å². The van der Waals surface area contributed by atoms with Crippen LogP contribution in [0.15, 0.2) is 164 Å². The third kappa shape index (κ3) is 5.67. The first-order chi connectivity index (χ1) is 25.2. The van der Waals surface area contributed by atoms with Crippen LogP contribution in [0.25, 0.3) is 66.1 Å². The number of hydrogen-bond donors (Lipinski definition) is 0. The Balaban J connectivity index is 1.07. The van der Waals surface area contributed by atoms with Crippen molar-refractivity contribution in [3.05, 3.63) is 175 Å². The van der Waals surface area contributed by atoms with E-state index in [9.17, 15) is 0 Å². The Bertz CT molecular complexity index is 2590. The SMILES string of the molecule is CC(C)c1ccc(N(c2ccc(-c3ccccc3)cc2)c2ccc3cc4c(cc3c2)-c2cc3ccc(-c5ccc(C(C)(C)C)cc5)cc3cc2-4)cc1. The van der Waals surface area contributed by atoms with Gasteiger partial charge in [0, 0.05) is 17.1 Å². The predicted molar refractivity (Wildman–Crippen MR) is 224 cm³/mol. The van der Waals surface area contributed by atoms with Crippen molar-refractivity contribution in [1.29, 1.82) is 0 Å². The van der Waals surface area contributed by atoms with Crippen molar-refractivity contribution in [1.82, 2.24) is 0 Å². The number of rotatable bonds is 6. The van der Waals surface area contributed by atoms with Crippen LogP contribution in [0.2, 0.25) is 0 Å². The first-order valence-electron chi connectivity index (χ1n) is 18.5. The lowest BCUT2D eigenvalue weighted by Gasteiger charge is -2.28. The molecule has 0 fully saturated rings. The Morgan fingerprint density at radius 3 is 1.40 bits per heavy atom. The summed E-state index contributed by atoms with van der Waals surface area (Å²) in [6, 6.07) is 61.0. The highest BCUT2D eigenvalue weighted by atomic mass is 15.1. The van der Waals surface area contributed by atoms with E-state index < -0.39 is 0 Å². The zero-order valence-electron chi connectivity index (χ0n) is 30.6. The molecule has 1 heteroatoms. The van der Waals surface area contributed by atoms with Crippen LogP contribution in [-0.4, -0.2) is 0 Å². The van der Waals surface area contributed by atoms with Gasteiger partial charge in [-0.15, -0.1) is 0 Å². The van der Waals surface area contributed by atoms with Gasteiger partial charge in [-0.3, -0.25) is 0 Å². The summed E-state index contributed by atoms with van der Waals surface area (Å²) in [5.41, 5.74) is 16.6. The molecule has 0 aliphatic heterocycles. The molecule has 0 unspecified atom stereocenters. The lowest BCUT2D eigenvalue weighted by atomic mass is 9.77. The number of benzene rings is 8. The van der Waals surface area contributed by atoms with E-state index in [4.69, 9.17) is 0 Å². The Hall–Kier alpha value is -5.92. The largest absolute Gasteiger partial charge is 0.310 e. The lowest BCUT2D eigenvalue weighted by Crippen LogP contribution is -2.10. The van der Waals surface area contributed by atoms with E-state index in [2.05, 4.69) is 203 Å². The lowest BCUT2D eigenvalue weighted by molar-refractivity contribution is 0.590. The van der Waals surface area contributed by atoms with Crippen LogP contribution in [0.3, 0.4) is 0 Å². The highest BCUT2D eigenvalue weighted by molar-refractivity contribution is 6.12. The molecule has 8 aromatic rings. The summed E-state index contributed by atoms with van der Waals surface area (Å²) in [6.45, 7) is 11.3. The van der Waals surface area contributed by atoms with Crippen LogP contribution in [0.4, 0.5) is 17.1 Å². The van der Waals surface area contributed by atoms with Crippen LogP contribution in [0, 0.1) is 0 Å². The van der Waals surface area contributed by atoms with Gasteiger partial charge >= 0.3 is 0 Å². The van der Waals surface area contributed by atoms with Gasteiger partial charge in [0.05, 0.1) is 0 Å². The minimum Gasteiger partial charge on any atom is -0.310 e. The van der Waals surface area contributed by atoms with Crippen molar-refractivity contribution < 1.29 is 0 Å². The molecule has 0 aromatic heterocycles. The standard InChI is InChI=1S/C51H43N/c1-33(2)34-15-22-44(23-16-34)52(45-24-17-36(18-25-45)35-9-7-6-8-10-35)46-26-19-40-30-48-49-31-41-27-38(37-13-20-43(21-14-37)51(3,4)5)11-12-39(41)29-47(49)50(48)32-42(40)28-46/h6-33H,1-5H3. The van der Waals surface area contributed by atoms with E-state index in [-0.39, 0.29) is 5.41 Å². The summed E-state index contributed by atoms with van der Waals surface area (Å²) in [4.78, 5) is 2.38. The molecule has 9 rings (SSSR count). The average molecular weight is 670 g/mol. The minimum absolute atomic E-state index is 0.150. The minimum atomic E-state index is 0.150. The maximum Gasteiger partial charge on any atom is 0.0468 e. The number of hydrogen-bond acceptors (Lipinski definition) is 1. The molecule has 252 valence electrons. The zero-order valence-corrected chi connectivity index (χ0v) is 30.6. The molecule has 8 aromatic carbocycles. The first kappa shape index (κ1) is 32.0. The molecular formula is C51H43N. The van der Waals surface area contributed by atoms with Gasteiger partial charge in [0.1, 0.15) is 0 Å². The number of anilines is 3. The van der Waals surface area contributed by atoms with Crippen molar-refractivity contribution in [3.8, 4) is 44.5 Å². The molecule has 0 heterocycles. The molecule has 0 radical (unpaired) electrons. The summed E-state index contributed by atoms with van der Waals surface area (Å²) in [5, 5.41) is 5.08. The van der Waals surface area contributed by atoms with Gasteiger partial charge in [0.2, 0.25) is 0 Å². The van der Waals surface area contributed by atoms with Crippen molar-refractivity contribution in [3.63, 3.8) is 0 Å². The highest BCUT2D eigenvalue weighted by Crippen LogP contribution is 2.51. The Kier molecular flexibility index (Phi) is 7.63. The Morgan fingerprint density at radius 1 is 0.385 bits per heavy atom. The highest BCUT2D eigenvalue weighted by Gasteiger charge is 2.24. The Labute approximate surface area is 307 Å². The van der Waals surface area contributed by atoms with Gasteiger partial charge < -0.3 is 4.90 Å². The van der Waals surface area contributed by atoms with E-state index in [0.717, 1.165) is 17.1 Å². The molecule has 0 atom stereocenters. The molecule has 0 saturated heterocycles. The summed E-state index contributed by atoms with van der Waals surface area (Å²) in [5.74, 6) is 0.485. The smallest absolute Gasteiger partial charge is 0.0468 e. The number of nitrogens with zero attached hydrogens (tertiary/aromatic N) is 1. The summed E-state index contributed by atoms with van der Waals surface area (Å²) >= 11 is 0. The van der Waals surface area contributed by atoms with E-state index in [0.29, 0.717) is 5.92 Å². The van der Waals surface area contributed by atoms with Crippen molar-refractivity contribution in [2.45, 2.75) is 46.0 Å². The van der Waals surface area contributed by atoms with Crippen molar-refractivity contribution in [2.75, 3.05) is 4.90 Å². The number of fused-ring (bicyclic) bond motifs is 6. The van der Waals surface area contributed by atoms with Gasteiger partial charge in [-0.05, 0) is 155 Å². The molecule has 1 aliphatic carbocycles. The van der Waals surface area contributed by atoms with Crippen LogP contribution >= 0.6 is 0 Å². The van der Waals surface area contributed by atoms with E-state index in [1.165, 1.54) is 77.2 Å². The molecule has 0 N–H and O–H groups in total.